The molecule has 1 nitrogen and oxygen atoms in total. The number of likely N-dealkylation sites (tertiary alicyclic amines) is 1. The van der Waals surface area contributed by atoms with Crippen LogP contribution in [-0.4, -0.2) is 24.5 Å². The molecule has 0 bridgehead atoms. The molecule has 1 aliphatic rings. The fourth-order valence-electron chi connectivity index (χ4n) is 1.77. The van der Waals surface area contributed by atoms with Gasteiger partial charge in [0.05, 0.1) is 0 Å². The van der Waals surface area contributed by atoms with E-state index in [4.69, 9.17) is 0 Å². The van der Waals surface area contributed by atoms with Gasteiger partial charge in [-0.2, -0.15) is 0 Å². The Hall–Kier alpha value is -0.0400. The molecule has 0 spiro atoms. The van der Waals surface area contributed by atoms with Crippen LogP contribution in [0, 0.1) is 5.92 Å². The van der Waals surface area contributed by atoms with Crippen LogP contribution in [0.15, 0.2) is 0 Å². The Bertz CT molecular complexity index is 90.7. The summed E-state index contributed by atoms with van der Waals surface area (Å²) in [5, 5.41) is 0. The van der Waals surface area contributed by atoms with E-state index >= 15 is 0 Å². The quantitative estimate of drug-likeness (QED) is 0.582. The number of hydrogen-bond donors (Lipinski definition) is 0. The van der Waals surface area contributed by atoms with Gasteiger partial charge in [-0.15, -0.1) is 0 Å². The maximum atomic E-state index is 2.59. The van der Waals surface area contributed by atoms with E-state index in [1.165, 1.54) is 38.9 Å². The summed E-state index contributed by atoms with van der Waals surface area (Å²) < 4.78 is 0. The molecule has 0 radical (unpaired) electrons. The van der Waals surface area contributed by atoms with Crippen molar-refractivity contribution in [3.05, 3.63) is 0 Å². The molecule has 1 unspecified atom stereocenters. The SMILES string of the molecule is CCCN1CCC(CC)C1. The molecular weight excluding hydrogens is 122 g/mol. The van der Waals surface area contributed by atoms with Crippen LogP contribution >= 0.6 is 0 Å². The van der Waals surface area contributed by atoms with Crippen LogP contribution in [0.1, 0.15) is 33.1 Å². The zero-order valence-electron chi connectivity index (χ0n) is 7.27. The molecular formula is C9H19N. The van der Waals surface area contributed by atoms with Gasteiger partial charge in [0.15, 0.2) is 0 Å². The molecule has 1 heterocycles. The van der Waals surface area contributed by atoms with Gasteiger partial charge < -0.3 is 4.90 Å². The third-order valence-corrected chi connectivity index (χ3v) is 2.49. The molecule has 0 saturated carbocycles. The lowest BCUT2D eigenvalue weighted by molar-refractivity contribution is 0.323. The molecule has 1 saturated heterocycles. The Labute approximate surface area is 64.4 Å². The first-order valence-electron chi connectivity index (χ1n) is 4.59. The average molecular weight is 141 g/mol. The molecule has 60 valence electrons. The lowest BCUT2D eigenvalue weighted by Crippen LogP contribution is -2.21. The Morgan fingerprint density at radius 2 is 2.20 bits per heavy atom. The molecule has 1 rings (SSSR count). The third kappa shape index (κ3) is 1.98. The van der Waals surface area contributed by atoms with Crippen molar-refractivity contribution in [1.29, 1.82) is 0 Å². The van der Waals surface area contributed by atoms with Crippen molar-refractivity contribution < 1.29 is 0 Å². The van der Waals surface area contributed by atoms with Crippen molar-refractivity contribution in [2.75, 3.05) is 19.6 Å². The van der Waals surface area contributed by atoms with E-state index < -0.39 is 0 Å². The van der Waals surface area contributed by atoms with Gasteiger partial charge in [0, 0.05) is 6.54 Å². The maximum Gasteiger partial charge on any atom is 0.00100 e. The Morgan fingerprint density at radius 1 is 1.40 bits per heavy atom. The summed E-state index contributed by atoms with van der Waals surface area (Å²) >= 11 is 0. The number of nitrogens with zero attached hydrogens (tertiary/aromatic N) is 1. The largest absolute Gasteiger partial charge is 0.303 e. The molecule has 1 aliphatic heterocycles. The fraction of sp³-hybridized carbons (Fsp3) is 1.00. The van der Waals surface area contributed by atoms with Crippen LogP contribution in [0.25, 0.3) is 0 Å². The lowest BCUT2D eigenvalue weighted by Gasteiger charge is -2.13. The van der Waals surface area contributed by atoms with Crippen LogP contribution in [0.5, 0.6) is 0 Å². The third-order valence-electron chi connectivity index (χ3n) is 2.49. The van der Waals surface area contributed by atoms with Gasteiger partial charge in [-0.1, -0.05) is 20.3 Å². The highest BCUT2D eigenvalue weighted by Gasteiger charge is 2.19. The van der Waals surface area contributed by atoms with E-state index in [1.807, 2.05) is 0 Å². The van der Waals surface area contributed by atoms with Gasteiger partial charge >= 0.3 is 0 Å². The molecule has 0 amide bonds. The van der Waals surface area contributed by atoms with E-state index in [-0.39, 0.29) is 0 Å². The topological polar surface area (TPSA) is 3.24 Å². The highest BCUT2D eigenvalue weighted by molar-refractivity contribution is 4.73. The monoisotopic (exact) mass is 141 g/mol. The van der Waals surface area contributed by atoms with Crippen molar-refractivity contribution in [1.82, 2.24) is 4.90 Å². The first kappa shape index (κ1) is 8.06. The van der Waals surface area contributed by atoms with Crippen LogP contribution in [-0.2, 0) is 0 Å². The minimum absolute atomic E-state index is 1.01. The predicted octanol–water partition coefficient (Wildman–Crippen LogP) is 2.13. The Kier molecular flexibility index (Phi) is 3.20. The minimum atomic E-state index is 1.01. The predicted molar refractivity (Wildman–Crippen MR) is 45.1 cm³/mol. The summed E-state index contributed by atoms with van der Waals surface area (Å²) in [6.07, 6.45) is 4.13. The summed E-state index contributed by atoms with van der Waals surface area (Å²) in [6, 6.07) is 0. The molecule has 1 heteroatoms. The van der Waals surface area contributed by atoms with Crippen molar-refractivity contribution in [2.24, 2.45) is 5.92 Å². The summed E-state index contributed by atoms with van der Waals surface area (Å²) in [5.41, 5.74) is 0. The second-order valence-corrected chi connectivity index (χ2v) is 3.36. The number of hydrogen-bond acceptors (Lipinski definition) is 1. The molecule has 0 N–H and O–H groups in total. The standard InChI is InChI=1S/C9H19N/c1-3-6-10-7-5-9(4-2)8-10/h9H,3-8H2,1-2H3. The van der Waals surface area contributed by atoms with Crippen molar-refractivity contribution in [3.63, 3.8) is 0 Å². The van der Waals surface area contributed by atoms with Gasteiger partial charge in [0.2, 0.25) is 0 Å². The Morgan fingerprint density at radius 3 is 2.70 bits per heavy atom. The molecule has 0 aliphatic carbocycles. The Balaban J connectivity index is 2.15. The summed E-state index contributed by atoms with van der Waals surface area (Å²) in [4.78, 5) is 2.59. The average Bonchev–Trinajstić information content (AvgIpc) is 2.37. The van der Waals surface area contributed by atoms with E-state index in [9.17, 15) is 0 Å². The highest BCUT2D eigenvalue weighted by atomic mass is 15.1. The smallest absolute Gasteiger partial charge is 0.00100 e. The van der Waals surface area contributed by atoms with Crippen molar-refractivity contribution in [3.8, 4) is 0 Å². The maximum absolute atomic E-state index is 2.59. The van der Waals surface area contributed by atoms with E-state index in [1.54, 1.807) is 0 Å². The van der Waals surface area contributed by atoms with Gasteiger partial charge in [0.25, 0.3) is 0 Å². The molecule has 1 atom stereocenters. The van der Waals surface area contributed by atoms with Crippen LogP contribution in [0.3, 0.4) is 0 Å². The second-order valence-electron chi connectivity index (χ2n) is 3.36. The fourth-order valence-corrected chi connectivity index (χ4v) is 1.77. The lowest BCUT2D eigenvalue weighted by atomic mass is 10.1. The molecule has 1 fully saturated rings. The molecule has 0 aromatic carbocycles. The first-order valence-corrected chi connectivity index (χ1v) is 4.59. The van der Waals surface area contributed by atoms with Gasteiger partial charge in [-0.3, -0.25) is 0 Å². The molecule has 0 aromatic rings. The van der Waals surface area contributed by atoms with Gasteiger partial charge in [-0.25, -0.2) is 0 Å². The van der Waals surface area contributed by atoms with Gasteiger partial charge in [0.1, 0.15) is 0 Å². The summed E-state index contributed by atoms with van der Waals surface area (Å²) in [5.74, 6) is 1.01. The van der Waals surface area contributed by atoms with Crippen molar-refractivity contribution in [2.45, 2.75) is 33.1 Å². The summed E-state index contributed by atoms with van der Waals surface area (Å²) in [6.45, 7) is 8.60. The van der Waals surface area contributed by atoms with Crippen molar-refractivity contribution >= 4 is 0 Å². The van der Waals surface area contributed by atoms with E-state index in [2.05, 4.69) is 18.7 Å². The first-order chi connectivity index (χ1) is 4.86. The second kappa shape index (κ2) is 3.97. The van der Waals surface area contributed by atoms with E-state index in [0.29, 0.717) is 0 Å². The zero-order chi connectivity index (χ0) is 7.40. The highest BCUT2D eigenvalue weighted by Crippen LogP contribution is 2.18. The minimum Gasteiger partial charge on any atom is -0.303 e. The van der Waals surface area contributed by atoms with Crippen LogP contribution < -0.4 is 0 Å². The zero-order valence-corrected chi connectivity index (χ0v) is 7.27. The van der Waals surface area contributed by atoms with Crippen LogP contribution in [0.4, 0.5) is 0 Å². The van der Waals surface area contributed by atoms with E-state index in [0.717, 1.165) is 5.92 Å². The summed E-state index contributed by atoms with van der Waals surface area (Å²) in [7, 11) is 0. The van der Waals surface area contributed by atoms with Gasteiger partial charge in [-0.05, 0) is 31.8 Å². The number of rotatable bonds is 3. The normalized spacial score (nSPS) is 27.6. The molecule has 0 aromatic heterocycles. The van der Waals surface area contributed by atoms with Crippen LogP contribution in [0.2, 0.25) is 0 Å². The molecule has 10 heavy (non-hydrogen) atoms.